The molecule has 0 aliphatic heterocycles. The second-order valence-electron chi connectivity index (χ2n) is 0.231. The van der Waals surface area contributed by atoms with Crippen molar-refractivity contribution in [2.75, 3.05) is 0 Å². The standard InChI is InChI=1S/C2H2P2/c1-3-4-2/h1-2H. The fourth-order valence-corrected chi connectivity index (χ4v) is 0. The Morgan fingerprint density at radius 3 is 1.25 bits per heavy atom. The number of hydrogen-bond acceptors (Lipinski definition) is 0. The molecule has 4 heavy (non-hydrogen) atoms. The second-order valence-corrected chi connectivity index (χ2v) is 2.08. The van der Waals surface area contributed by atoms with Crippen LogP contribution in [0, 0.1) is 12.3 Å². The van der Waals surface area contributed by atoms with Crippen LogP contribution in [0.4, 0.5) is 0 Å². The summed E-state index contributed by atoms with van der Waals surface area (Å²) in [4.78, 5) is 0. The molecular formula is C2H2P2. The molecule has 0 nitrogen and oxygen atoms in total. The Balaban J connectivity index is 4.84. The molecule has 0 N–H and O–H groups in total. The first-order valence-electron chi connectivity index (χ1n) is 0.716. The Hall–Kier alpha value is 0.420. The summed E-state index contributed by atoms with van der Waals surface area (Å²) < 4.78 is 0. The van der Waals surface area contributed by atoms with Gasteiger partial charge in [-0.25, -0.2) is 0 Å². The fraction of sp³-hybridized carbons (Fsp3) is 0. The van der Waals surface area contributed by atoms with Crippen LogP contribution in [0.3, 0.4) is 0 Å². The molecule has 0 aliphatic carbocycles. The maximum atomic E-state index is 4.86. The van der Waals surface area contributed by atoms with Crippen molar-refractivity contribution in [3.05, 3.63) is 0 Å². The summed E-state index contributed by atoms with van der Waals surface area (Å²) in [5.41, 5.74) is 0. The van der Waals surface area contributed by atoms with Crippen LogP contribution >= 0.6 is 14.6 Å². The Labute approximate surface area is 27.9 Å². The number of hydrogen-bond donors (Lipinski definition) is 0. The van der Waals surface area contributed by atoms with Gasteiger partial charge in [0.05, 0.1) is 0 Å². The Bertz CT molecular complexity index is 107. The van der Waals surface area contributed by atoms with E-state index in [1.54, 1.807) is 0 Å². The molecule has 0 bridgehead atoms. The third-order valence-electron chi connectivity index (χ3n) is 0.0667. The van der Waals surface area contributed by atoms with Crippen molar-refractivity contribution >= 4 is 14.6 Å². The molecule has 0 fully saturated rings. The molecule has 0 saturated carbocycles. The van der Waals surface area contributed by atoms with Crippen LogP contribution in [-0.4, -0.2) is 0 Å². The molecule has 2 heteroatoms. The van der Waals surface area contributed by atoms with Gasteiger partial charge in [-0.2, -0.15) is 0 Å². The number of rotatable bonds is 0. The van der Waals surface area contributed by atoms with Gasteiger partial charge in [0.1, 0.15) is 0 Å². The third-order valence-corrected chi connectivity index (χ3v) is 0.600. The Morgan fingerprint density at radius 2 is 1.25 bits per heavy atom. The molecule has 0 unspecified atom stereocenters. The van der Waals surface area contributed by atoms with Crippen LogP contribution in [-0.2, 0) is 0 Å². The van der Waals surface area contributed by atoms with Crippen LogP contribution in [0.25, 0.3) is 0 Å². The molecule has 20 valence electrons. The first kappa shape index (κ1) is 4.42. The summed E-state index contributed by atoms with van der Waals surface area (Å²) in [5, 5.41) is 0. The summed E-state index contributed by atoms with van der Waals surface area (Å²) >= 11 is 0. The van der Waals surface area contributed by atoms with E-state index in [9.17, 15) is 0 Å². The van der Waals surface area contributed by atoms with Gasteiger partial charge in [-0.3, -0.25) is 0 Å². The molecule has 0 amide bonds. The summed E-state index contributed by atoms with van der Waals surface area (Å²) in [6, 6.07) is 0. The van der Waals surface area contributed by atoms with E-state index in [1.165, 1.54) is 0 Å². The zero-order valence-electron chi connectivity index (χ0n) is 2.05. The van der Waals surface area contributed by atoms with E-state index in [0.29, 0.717) is 0 Å². The molecule has 0 radical (unpaired) electrons. The Morgan fingerprint density at radius 1 is 1.00 bits per heavy atom. The van der Waals surface area contributed by atoms with Crippen LogP contribution in [0.15, 0.2) is 0 Å². The predicted molar refractivity (Wildman–Crippen MR) is 23.7 cm³/mol. The minimum absolute atomic E-state index is 0.748. The van der Waals surface area contributed by atoms with Gasteiger partial charge >= 0.3 is 26.9 Å². The fourth-order valence-electron chi connectivity index (χ4n) is 0. The van der Waals surface area contributed by atoms with Gasteiger partial charge < -0.3 is 0 Å². The first-order chi connectivity index (χ1) is 1.91. The van der Waals surface area contributed by atoms with Gasteiger partial charge in [0.25, 0.3) is 0 Å². The predicted octanol–water partition coefficient (Wildman–Crippen LogP) is 1.97. The van der Waals surface area contributed by atoms with Crippen LogP contribution in [0.2, 0.25) is 0 Å². The van der Waals surface area contributed by atoms with Gasteiger partial charge in [0.15, 0.2) is 0 Å². The van der Waals surface area contributed by atoms with E-state index in [1.807, 2.05) is 0 Å². The molecule has 0 rings (SSSR count). The van der Waals surface area contributed by atoms with E-state index < -0.39 is 0 Å². The average molecular weight is 88.0 g/mol. The average Bonchev–Trinajstić information content (AvgIpc) is 1.37. The molecule has 0 aromatic carbocycles. The van der Waals surface area contributed by atoms with Crippen molar-refractivity contribution in [2.45, 2.75) is 0 Å². The summed E-state index contributed by atoms with van der Waals surface area (Å²) in [5.74, 6) is 0. The minimum atomic E-state index is 0.748. The van der Waals surface area contributed by atoms with E-state index in [0.717, 1.165) is 14.6 Å². The van der Waals surface area contributed by atoms with Gasteiger partial charge in [-0.1, -0.05) is 0 Å². The molecular weight excluding hydrogens is 86.0 g/mol. The van der Waals surface area contributed by atoms with Crippen molar-refractivity contribution in [3.8, 4) is 12.3 Å². The van der Waals surface area contributed by atoms with E-state index >= 15 is 0 Å². The monoisotopic (exact) mass is 88.0 g/mol. The van der Waals surface area contributed by atoms with Crippen molar-refractivity contribution in [1.82, 2.24) is 0 Å². The molecule has 0 spiro atoms. The normalized spacial score (nSPS) is 4.50. The molecule has 0 saturated heterocycles. The third kappa shape index (κ3) is 2.42. The topological polar surface area (TPSA) is 0 Å². The molecule has 0 aromatic rings. The van der Waals surface area contributed by atoms with Crippen molar-refractivity contribution in [1.29, 1.82) is 0 Å². The van der Waals surface area contributed by atoms with Crippen LogP contribution in [0.1, 0.15) is 0 Å². The van der Waals surface area contributed by atoms with E-state index in [2.05, 4.69) is 0 Å². The summed E-state index contributed by atoms with van der Waals surface area (Å²) in [7, 11) is 1.50. The van der Waals surface area contributed by atoms with Crippen molar-refractivity contribution in [2.24, 2.45) is 0 Å². The first-order valence-corrected chi connectivity index (χ1v) is 3.35. The second kappa shape index (κ2) is 3.42. The van der Waals surface area contributed by atoms with E-state index in [4.69, 9.17) is 12.3 Å². The molecule has 0 aliphatic rings. The van der Waals surface area contributed by atoms with Crippen LogP contribution in [0.5, 0.6) is 0 Å². The van der Waals surface area contributed by atoms with Gasteiger partial charge in [0, 0.05) is 0 Å². The maximum absolute atomic E-state index is 4.86. The van der Waals surface area contributed by atoms with Crippen molar-refractivity contribution < 1.29 is 0 Å². The zero-order valence-corrected chi connectivity index (χ0v) is 3.84. The molecule has 0 heterocycles. The molecule has 0 atom stereocenters. The summed E-state index contributed by atoms with van der Waals surface area (Å²) in [6.45, 7) is 0. The Kier molecular flexibility index (Phi) is 3.78. The zero-order chi connectivity index (χ0) is 3.41. The van der Waals surface area contributed by atoms with Gasteiger partial charge in [-0.15, -0.1) is 0 Å². The summed E-state index contributed by atoms with van der Waals surface area (Å²) in [6.07, 6.45) is 9.73. The SMILES string of the molecule is C#P=P#C. The molecule has 0 aromatic heterocycles. The quantitative estimate of drug-likeness (QED) is 0.397. The van der Waals surface area contributed by atoms with E-state index in [-0.39, 0.29) is 0 Å². The van der Waals surface area contributed by atoms with Gasteiger partial charge in [-0.05, 0) is 0 Å². The van der Waals surface area contributed by atoms with Crippen LogP contribution < -0.4 is 0 Å². The van der Waals surface area contributed by atoms with Crippen molar-refractivity contribution in [3.63, 3.8) is 0 Å². The van der Waals surface area contributed by atoms with Gasteiger partial charge in [0.2, 0.25) is 0 Å².